The molecule has 2 aromatic heterocycles. The van der Waals surface area contributed by atoms with Crippen molar-refractivity contribution in [3.8, 4) is 5.75 Å². The van der Waals surface area contributed by atoms with Gasteiger partial charge in [-0.3, -0.25) is 14.5 Å². The molecule has 1 N–H and O–H groups in total. The minimum atomic E-state index is -1.06. The molecule has 1 saturated carbocycles. The number of hydrogen-bond donors (Lipinski definition) is 1. The summed E-state index contributed by atoms with van der Waals surface area (Å²) >= 11 is 1.73. The van der Waals surface area contributed by atoms with Crippen molar-refractivity contribution < 1.29 is 14.3 Å². The fraction of sp³-hybridized carbons (Fsp3) is 0.533. The Bertz CT molecular complexity index is 1240. The molecule has 0 saturated heterocycles. The summed E-state index contributed by atoms with van der Waals surface area (Å²) in [4.78, 5) is 30.9. The third kappa shape index (κ3) is 5.15. The second kappa shape index (κ2) is 11.3. The number of benzene rings is 1. The van der Waals surface area contributed by atoms with Crippen molar-refractivity contribution in [2.45, 2.75) is 91.8 Å². The van der Waals surface area contributed by atoms with E-state index in [9.17, 15) is 9.59 Å². The first kappa shape index (κ1) is 27.2. The lowest BCUT2D eigenvalue weighted by Gasteiger charge is -2.45. The second-order valence-corrected chi connectivity index (χ2v) is 11.4. The highest BCUT2D eigenvalue weighted by Gasteiger charge is 2.49. The standard InChI is InChI=1S/C28H35N3O3S.C2H6/c1-5-22-15-23-25(35-22)16-24-26(32)31(20-11-13-21(14-12-20)34-6-2)28(4,17-30(23)24)27(33)29-19-9-7-18(3)8-10-19;1-2/h11-16,18-19H,5-10,17H2,1-4H3,(H,29,33);1-2H3. The molecule has 1 aromatic carbocycles. The van der Waals surface area contributed by atoms with Gasteiger partial charge in [0, 0.05) is 16.6 Å². The van der Waals surface area contributed by atoms with Gasteiger partial charge in [0.25, 0.3) is 5.91 Å². The van der Waals surface area contributed by atoms with E-state index in [-0.39, 0.29) is 17.9 Å². The Labute approximate surface area is 225 Å². The van der Waals surface area contributed by atoms with E-state index in [1.165, 1.54) is 4.88 Å². The number of anilines is 1. The zero-order valence-electron chi connectivity index (χ0n) is 23.1. The first-order valence-corrected chi connectivity index (χ1v) is 14.7. The Morgan fingerprint density at radius 1 is 1.11 bits per heavy atom. The number of ether oxygens (including phenoxy) is 1. The molecule has 2 aliphatic rings. The van der Waals surface area contributed by atoms with Gasteiger partial charge in [-0.15, -0.1) is 11.3 Å². The Morgan fingerprint density at radius 2 is 1.78 bits per heavy atom. The van der Waals surface area contributed by atoms with E-state index in [0.717, 1.165) is 48.1 Å². The zero-order chi connectivity index (χ0) is 26.7. The molecule has 37 heavy (non-hydrogen) atoms. The Hall–Kier alpha value is -2.80. The van der Waals surface area contributed by atoms with Gasteiger partial charge in [-0.25, -0.2) is 0 Å². The van der Waals surface area contributed by atoms with E-state index < -0.39 is 5.54 Å². The lowest BCUT2D eigenvalue weighted by Crippen LogP contribution is -2.65. The molecule has 1 fully saturated rings. The molecular formula is C30H41N3O3S. The molecular weight excluding hydrogens is 482 g/mol. The maximum atomic E-state index is 14.0. The number of carbonyl (C=O) groups is 2. The Kier molecular flexibility index (Phi) is 8.32. The second-order valence-electron chi connectivity index (χ2n) is 10.2. The van der Waals surface area contributed by atoms with Crippen LogP contribution < -0.4 is 15.0 Å². The van der Waals surface area contributed by atoms with Crippen LogP contribution in [0.5, 0.6) is 5.75 Å². The summed E-state index contributed by atoms with van der Waals surface area (Å²) in [5, 5.41) is 3.32. The predicted octanol–water partition coefficient (Wildman–Crippen LogP) is 6.80. The zero-order valence-corrected chi connectivity index (χ0v) is 23.9. The number of aromatic nitrogens is 1. The average Bonchev–Trinajstić information content (AvgIpc) is 3.46. The maximum absolute atomic E-state index is 14.0. The van der Waals surface area contributed by atoms with Gasteiger partial charge in [0.15, 0.2) is 0 Å². The topological polar surface area (TPSA) is 63.6 Å². The first-order valence-electron chi connectivity index (χ1n) is 13.8. The number of rotatable bonds is 6. The molecule has 7 heteroatoms. The van der Waals surface area contributed by atoms with E-state index in [2.05, 4.69) is 29.8 Å². The summed E-state index contributed by atoms with van der Waals surface area (Å²) in [6.07, 6.45) is 5.19. The van der Waals surface area contributed by atoms with Crippen molar-refractivity contribution in [2.24, 2.45) is 5.92 Å². The van der Waals surface area contributed by atoms with Crippen LogP contribution in [0, 0.1) is 5.92 Å². The highest BCUT2D eigenvalue weighted by atomic mass is 32.1. The molecule has 0 spiro atoms. The third-order valence-corrected chi connectivity index (χ3v) is 8.83. The fourth-order valence-electron chi connectivity index (χ4n) is 5.51. The van der Waals surface area contributed by atoms with Crippen LogP contribution in [0.3, 0.4) is 0 Å². The van der Waals surface area contributed by atoms with Gasteiger partial charge in [0.05, 0.1) is 23.4 Å². The number of amides is 2. The van der Waals surface area contributed by atoms with Gasteiger partial charge in [0.1, 0.15) is 17.0 Å². The molecule has 5 rings (SSSR count). The van der Waals surface area contributed by atoms with Crippen molar-refractivity contribution >= 4 is 39.1 Å². The quantitative estimate of drug-likeness (QED) is 0.386. The van der Waals surface area contributed by atoms with Crippen LogP contribution in [0.1, 0.15) is 82.6 Å². The summed E-state index contributed by atoms with van der Waals surface area (Å²) in [7, 11) is 0. The molecule has 3 aromatic rings. The summed E-state index contributed by atoms with van der Waals surface area (Å²) < 4.78 is 8.76. The number of carbonyl (C=O) groups excluding carboxylic acids is 2. The predicted molar refractivity (Wildman–Crippen MR) is 153 cm³/mol. The summed E-state index contributed by atoms with van der Waals surface area (Å²) in [6, 6.07) is 11.8. The van der Waals surface area contributed by atoms with Crippen molar-refractivity contribution in [2.75, 3.05) is 11.5 Å². The van der Waals surface area contributed by atoms with Gasteiger partial charge in [-0.1, -0.05) is 27.7 Å². The number of nitrogens with zero attached hydrogens (tertiary/aromatic N) is 2. The average molecular weight is 524 g/mol. The van der Waals surface area contributed by atoms with E-state index in [0.29, 0.717) is 30.5 Å². The van der Waals surface area contributed by atoms with Crippen molar-refractivity contribution in [3.63, 3.8) is 0 Å². The highest BCUT2D eigenvalue weighted by Crippen LogP contribution is 2.39. The largest absolute Gasteiger partial charge is 0.494 e. The van der Waals surface area contributed by atoms with Gasteiger partial charge >= 0.3 is 0 Å². The molecule has 1 atom stereocenters. The van der Waals surface area contributed by atoms with E-state index >= 15 is 0 Å². The summed E-state index contributed by atoms with van der Waals surface area (Å²) in [5.74, 6) is 1.23. The summed E-state index contributed by atoms with van der Waals surface area (Å²) in [6.45, 7) is 13.3. The minimum Gasteiger partial charge on any atom is -0.494 e. The van der Waals surface area contributed by atoms with Gasteiger partial charge in [-0.05, 0) is 88.3 Å². The van der Waals surface area contributed by atoms with Gasteiger partial charge in [-0.2, -0.15) is 0 Å². The lowest BCUT2D eigenvalue weighted by molar-refractivity contribution is -0.127. The van der Waals surface area contributed by atoms with Gasteiger partial charge < -0.3 is 14.6 Å². The normalized spacial score (nSPS) is 23.3. The van der Waals surface area contributed by atoms with Gasteiger partial charge in [0.2, 0.25) is 5.91 Å². The minimum absolute atomic E-state index is 0.0854. The smallest absolute Gasteiger partial charge is 0.275 e. The van der Waals surface area contributed by atoms with Crippen LogP contribution in [0.25, 0.3) is 10.2 Å². The van der Waals surface area contributed by atoms with E-state index in [1.807, 2.05) is 58.0 Å². The number of nitrogens with one attached hydrogen (secondary N) is 1. The molecule has 0 bridgehead atoms. The lowest BCUT2D eigenvalue weighted by atomic mass is 9.86. The molecule has 1 aliphatic carbocycles. The molecule has 3 heterocycles. The first-order chi connectivity index (χ1) is 17.8. The fourth-order valence-corrected chi connectivity index (χ4v) is 6.55. The summed E-state index contributed by atoms with van der Waals surface area (Å²) in [5.41, 5.74) is 1.34. The Morgan fingerprint density at radius 3 is 2.41 bits per heavy atom. The third-order valence-electron chi connectivity index (χ3n) is 7.62. The van der Waals surface area contributed by atoms with Crippen LogP contribution in [0.4, 0.5) is 5.69 Å². The SMILES string of the molecule is CC.CCOc1ccc(N2C(=O)c3cc4sc(CC)cc4n3CC2(C)C(=O)NC2CCC(C)CC2)cc1. The molecule has 1 unspecified atom stereocenters. The van der Waals surface area contributed by atoms with E-state index in [4.69, 9.17) is 4.74 Å². The van der Waals surface area contributed by atoms with Crippen molar-refractivity contribution in [1.29, 1.82) is 0 Å². The number of aryl methyl sites for hydroxylation is 1. The molecule has 1 aliphatic heterocycles. The Balaban J connectivity index is 0.00000156. The van der Waals surface area contributed by atoms with Crippen LogP contribution in [0.15, 0.2) is 36.4 Å². The van der Waals surface area contributed by atoms with E-state index in [1.54, 1.807) is 16.2 Å². The molecule has 200 valence electrons. The number of fused-ring (bicyclic) bond motifs is 3. The van der Waals surface area contributed by atoms with Crippen LogP contribution in [-0.2, 0) is 17.8 Å². The number of thiophene rings is 1. The molecule has 2 amide bonds. The van der Waals surface area contributed by atoms with Crippen molar-refractivity contribution in [1.82, 2.24) is 9.88 Å². The number of hydrogen-bond acceptors (Lipinski definition) is 4. The highest BCUT2D eigenvalue weighted by molar-refractivity contribution is 7.19. The van der Waals surface area contributed by atoms with Crippen LogP contribution >= 0.6 is 11.3 Å². The maximum Gasteiger partial charge on any atom is 0.275 e. The molecule has 0 radical (unpaired) electrons. The monoisotopic (exact) mass is 523 g/mol. The van der Waals surface area contributed by atoms with Crippen LogP contribution in [-0.4, -0.2) is 34.6 Å². The van der Waals surface area contributed by atoms with Crippen LogP contribution in [0.2, 0.25) is 0 Å². The van der Waals surface area contributed by atoms with Crippen molar-refractivity contribution in [3.05, 3.63) is 47.0 Å². The molecule has 6 nitrogen and oxygen atoms in total.